The van der Waals surface area contributed by atoms with Crippen LogP contribution in [0.1, 0.15) is 48.0 Å². The molecule has 1 aliphatic heterocycles. The number of carbonyl (C=O) groups is 1. The molecular weight excluding hydrogens is 200 g/mol. The van der Waals surface area contributed by atoms with Crippen LogP contribution >= 0.6 is 0 Å². The Morgan fingerprint density at radius 3 is 2.44 bits per heavy atom. The Hall–Kier alpha value is -0.570. The lowest BCUT2D eigenvalue weighted by molar-refractivity contribution is -0.141. The van der Waals surface area contributed by atoms with Crippen molar-refractivity contribution < 1.29 is 4.79 Å². The summed E-state index contributed by atoms with van der Waals surface area (Å²) < 4.78 is 0. The van der Waals surface area contributed by atoms with Crippen LogP contribution in [0.2, 0.25) is 0 Å². The minimum absolute atomic E-state index is 0.00681. The van der Waals surface area contributed by atoms with Gasteiger partial charge in [-0.2, -0.15) is 0 Å². The molecule has 16 heavy (non-hydrogen) atoms. The van der Waals surface area contributed by atoms with Gasteiger partial charge >= 0.3 is 0 Å². The van der Waals surface area contributed by atoms with E-state index in [2.05, 4.69) is 33.0 Å². The maximum atomic E-state index is 12.4. The number of amides is 1. The van der Waals surface area contributed by atoms with Gasteiger partial charge in [-0.15, -0.1) is 0 Å². The van der Waals surface area contributed by atoms with E-state index in [-0.39, 0.29) is 16.9 Å². The highest BCUT2D eigenvalue weighted by Crippen LogP contribution is 2.26. The first-order valence-corrected chi connectivity index (χ1v) is 6.26. The van der Waals surface area contributed by atoms with Gasteiger partial charge in [0.1, 0.15) is 0 Å². The Morgan fingerprint density at radius 1 is 1.38 bits per heavy atom. The quantitative estimate of drug-likeness (QED) is 0.781. The molecule has 1 atom stereocenters. The van der Waals surface area contributed by atoms with Crippen molar-refractivity contribution in [2.45, 2.75) is 59.5 Å². The highest BCUT2D eigenvalue weighted by Gasteiger charge is 2.40. The van der Waals surface area contributed by atoms with Gasteiger partial charge < -0.3 is 10.2 Å². The third-order valence-electron chi connectivity index (χ3n) is 3.54. The van der Waals surface area contributed by atoms with E-state index in [0.29, 0.717) is 6.04 Å². The molecule has 0 aliphatic carbocycles. The van der Waals surface area contributed by atoms with Crippen LogP contribution in [-0.4, -0.2) is 35.5 Å². The molecule has 1 unspecified atom stereocenters. The summed E-state index contributed by atoms with van der Waals surface area (Å²) in [6.07, 6.45) is 1.01. The van der Waals surface area contributed by atoms with E-state index in [9.17, 15) is 4.79 Å². The molecule has 0 spiro atoms. The summed E-state index contributed by atoms with van der Waals surface area (Å²) in [7, 11) is 0. The van der Waals surface area contributed by atoms with Crippen molar-refractivity contribution in [3.63, 3.8) is 0 Å². The van der Waals surface area contributed by atoms with Crippen LogP contribution in [0.25, 0.3) is 0 Å². The molecule has 1 fully saturated rings. The topological polar surface area (TPSA) is 32.3 Å². The van der Waals surface area contributed by atoms with Gasteiger partial charge in [-0.3, -0.25) is 4.79 Å². The molecule has 1 aliphatic rings. The van der Waals surface area contributed by atoms with Gasteiger partial charge in [0.2, 0.25) is 5.91 Å². The van der Waals surface area contributed by atoms with Gasteiger partial charge in [-0.05, 0) is 41.0 Å². The van der Waals surface area contributed by atoms with Gasteiger partial charge in [0.05, 0.1) is 5.41 Å². The fourth-order valence-corrected chi connectivity index (χ4v) is 2.05. The minimum atomic E-state index is -0.294. The number of nitrogens with zero attached hydrogens (tertiary/aromatic N) is 1. The lowest BCUT2D eigenvalue weighted by Crippen LogP contribution is -2.49. The number of hydrogen-bond donors (Lipinski definition) is 1. The van der Waals surface area contributed by atoms with Crippen molar-refractivity contribution in [2.75, 3.05) is 13.1 Å². The predicted octanol–water partition coefficient (Wildman–Crippen LogP) is 2.02. The largest absolute Gasteiger partial charge is 0.338 e. The van der Waals surface area contributed by atoms with E-state index in [1.165, 1.54) is 0 Å². The lowest BCUT2D eigenvalue weighted by atomic mass is 9.91. The van der Waals surface area contributed by atoms with Gasteiger partial charge in [-0.25, -0.2) is 0 Å². The normalized spacial score (nSPS) is 26.4. The summed E-state index contributed by atoms with van der Waals surface area (Å²) in [5.41, 5.74) is -0.288. The summed E-state index contributed by atoms with van der Waals surface area (Å²) in [5.74, 6) is 0.278. The van der Waals surface area contributed by atoms with Crippen molar-refractivity contribution in [3.8, 4) is 0 Å². The summed E-state index contributed by atoms with van der Waals surface area (Å²) in [6.45, 7) is 14.2. The fraction of sp³-hybridized carbons (Fsp3) is 0.923. The first-order chi connectivity index (χ1) is 7.19. The number of rotatable bonds is 2. The van der Waals surface area contributed by atoms with Gasteiger partial charge in [0, 0.05) is 24.7 Å². The van der Waals surface area contributed by atoms with Crippen molar-refractivity contribution >= 4 is 5.91 Å². The molecule has 1 heterocycles. The monoisotopic (exact) mass is 226 g/mol. The Bertz CT molecular complexity index is 271. The van der Waals surface area contributed by atoms with Crippen LogP contribution in [0.15, 0.2) is 0 Å². The molecule has 0 aromatic carbocycles. The average molecular weight is 226 g/mol. The summed E-state index contributed by atoms with van der Waals surface area (Å²) in [4.78, 5) is 14.5. The summed E-state index contributed by atoms with van der Waals surface area (Å²) in [5, 5.41) is 3.49. The third kappa shape index (κ3) is 2.76. The molecule has 0 aromatic heterocycles. The number of hydrogen-bond acceptors (Lipinski definition) is 2. The minimum Gasteiger partial charge on any atom is -0.338 e. The Kier molecular flexibility index (Phi) is 3.68. The molecule has 0 radical (unpaired) electrons. The molecule has 0 bridgehead atoms. The fourth-order valence-electron chi connectivity index (χ4n) is 2.05. The molecule has 3 heteroatoms. The summed E-state index contributed by atoms with van der Waals surface area (Å²) in [6, 6.07) is 0.325. The number of nitrogens with one attached hydrogen (secondary N) is 1. The second kappa shape index (κ2) is 4.36. The highest BCUT2D eigenvalue weighted by atomic mass is 16.2. The Labute approximate surface area is 99.6 Å². The Balaban J connectivity index is 2.98. The van der Waals surface area contributed by atoms with E-state index in [4.69, 9.17) is 0 Å². The molecule has 1 amide bonds. The highest BCUT2D eigenvalue weighted by molar-refractivity contribution is 5.83. The average Bonchev–Trinajstić information content (AvgIpc) is 2.28. The first-order valence-electron chi connectivity index (χ1n) is 6.26. The third-order valence-corrected chi connectivity index (χ3v) is 3.54. The van der Waals surface area contributed by atoms with Crippen LogP contribution in [0.5, 0.6) is 0 Å². The zero-order valence-corrected chi connectivity index (χ0v) is 11.6. The van der Waals surface area contributed by atoms with Crippen molar-refractivity contribution in [2.24, 2.45) is 5.41 Å². The van der Waals surface area contributed by atoms with Crippen LogP contribution in [0.4, 0.5) is 0 Å². The van der Waals surface area contributed by atoms with Gasteiger partial charge in [0.15, 0.2) is 0 Å². The van der Waals surface area contributed by atoms with Crippen molar-refractivity contribution in [1.29, 1.82) is 0 Å². The van der Waals surface area contributed by atoms with E-state index in [1.807, 2.05) is 18.7 Å². The first kappa shape index (κ1) is 13.5. The molecular formula is C13H26N2O. The predicted molar refractivity (Wildman–Crippen MR) is 67.3 cm³/mol. The van der Waals surface area contributed by atoms with Crippen LogP contribution in [0, 0.1) is 5.41 Å². The molecule has 1 N–H and O–H groups in total. The molecule has 1 saturated heterocycles. The Morgan fingerprint density at radius 2 is 1.94 bits per heavy atom. The van der Waals surface area contributed by atoms with E-state index in [1.54, 1.807) is 0 Å². The van der Waals surface area contributed by atoms with Crippen LogP contribution in [-0.2, 0) is 4.79 Å². The van der Waals surface area contributed by atoms with E-state index >= 15 is 0 Å². The van der Waals surface area contributed by atoms with Crippen molar-refractivity contribution in [3.05, 3.63) is 0 Å². The van der Waals surface area contributed by atoms with E-state index in [0.717, 1.165) is 19.5 Å². The maximum Gasteiger partial charge on any atom is 0.229 e. The standard InChI is InChI=1S/C13H26N2O/c1-7-10(2)15-9-13(5,6)14-8-12(3,4)11(15)16/h10,14H,7-9H2,1-6H3. The van der Waals surface area contributed by atoms with E-state index < -0.39 is 0 Å². The zero-order valence-electron chi connectivity index (χ0n) is 11.6. The van der Waals surface area contributed by atoms with Crippen LogP contribution in [0.3, 0.4) is 0 Å². The molecule has 3 nitrogen and oxygen atoms in total. The second-order valence-corrected chi connectivity index (χ2v) is 6.31. The smallest absolute Gasteiger partial charge is 0.229 e. The molecule has 94 valence electrons. The zero-order chi connectivity index (χ0) is 12.6. The number of carbonyl (C=O) groups excluding carboxylic acids is 1. The molecule has 1 rings (SSSR count). The SMILES string of the molecule is CCC(C)N1CC(C)(C)NCC(C)(C)C1=O. The summed E-state index contributed by atoms with van der Waals surface area (Å²) >= 11 is 0. The molecule has 0 aromatic rings. The van der Waals surface area contributed by atoms with Gasteiger partial charge in [0.25, 0.3) is 0 Å². The van der Waals surface area contributed by atoms with Crippen molar-refractivity contribution in [1.82, 2.24) is 10.2 Å². The van der Waals surface area contributed by atoms with Gasteiger partial charge in [-0.1, -0.05) is 6.92 Å². The second-order valence-electron chi connectivity index (χ2n) is 6.31. The lowest BCUT2D eigenvalue weighted by Gasteiger charge is -2.35. The molecule has 0 saturated carbocycles. The maximum absolute atomic E-state index is 12.4. The van der Waals surface area contributed by atoms with Crippen LogP contribution < -0.4 is 5.32 Å².